The molecule has 172 valence electrons. The molecule has 1 heterocycles. The van der Waals surface area contributed by atoms with Gasteiger partial charge in [-0.1, -0.05) is 23.7 Å². The number of amides is 3. The van der Waals surface area contributed by atoms with E-state index in [0.717, 1.165) is 19.4 Å². The molecule has 3 N–H and O–H groups in total. The second-order valence-electron chi connectivity index (χ2n) is 8.70. The van der Waals surface area contributed by atoms with Crippen molar-refractivity contribution in [3.63, 3.8) is 0 Å². The van der Waals surface area contributed by atoms with E-state index in [1.165, 1.54) is 0 Å². The fourth-order valence-electron chi connectivity index (χ4n) is 3.35. The minimum atomic E-state index is -0.562. The van der Waals surface area contributed by atoms with Crippen LogP contribution in [0.1, 0.15) is 40.5 Å². The van der Waals surface area contributed by atoms with Gasteiger partial charge in [0.05, 0.1) is 22.7 Å². The largest absolute Gasteiger partial charge is 0.444 e. The Kier molecular flexibility index (Phi) is 9.13. The number of hydrogen-bond donors (Lipinski definition) is 3. The summed E-state index contributed by atoms with van der Waals surface area (Å²) in [6, 6.07) is 6.70. The molecule has 0 aromatic heterocycles. The van der Waals surface area contributed by atoms with E-state index in [1.54, 1.807) is 39.0 Å². The Bertz CT molecular complexity index is 781. The van der Waals surface area contributed by atoms with E-state index in [-0.39, 0.29) is 30.3 Å². The molecule has 0 spiro atoms. The zero-order valence-electron chi connectivity index (χ0n) is 18.7. The van der Waals surface area contributed by atoms with E-state index in [9.17, 15) is 14.4 Å². The SMILES string of the molecule is CC(C(=O)Nc1ccccc1Cl)N1CCCC(C(=O)NCCNC(=O)OC(C)(C)C)C1. The topological polar surface area (TPSA) is 99.8 Å². The third-order valence-corrected chi connectivity index (χ3v) is 5.30. The number of nitrogens with one attached hydrogen (secondary N) is 3. The van der Waals surface area contributed by atoms with Gasteiger partial charge in [0.15, 0.2) is 0 Å². The van der Waals surface area contributed by atoms with Crippen LogP contribution >= 0.6 is 11.6 Å². The summed E-state index contributed by atoms with van der Waals surface area (Å²) < 4.78 is 5.16. The maximum Gasteiger partial charge on any atom is 0.407 e. The first-order chi connectivity index (χ1) is 14.6. The van der Waals surface area contributed by atoms with Crippen molar-refractivity contribution >= 4 is 35.2 Å². The number of rotatable bonds is 7. The lowest BCUT2D eigenvalue weighted by molar-refractivity contribution is -0.129. The number of carbonyl (C=O) groups is 3. The van der Waals surface area contributed by atoms with Crippen molar-refractivity contribution < 1.29 is 19.1 Å². The van der Waals surface area contributed by atoms with Gasteiger partial charge in [-0.3, -0.25) is 14.5 Å². The second-order valence-corrected chi connectivity index (χ2v) is 9.11. The van der Waals surface area contributed by atoms with Crippen molar-refractivity contribution in [2.24, 2.45) is 5.92 Å². The summed E-state index contributed by atoms with van der Waals surface area (Å²) in [5.41, 5.74) is 0.0121. The Morgan fingerprint density at radius 2 is 1.87 bits per heavy atom. The van der Waals surface area contributed by atoms with Gasteiger partial charge in [0.1, 0.15) is 5.60 Å². The summed E-state index contributed by atoms with van der Waals surface area (Å²) >= 11 is 6.12. The van der Waals surface area contributed by atoms with Crippen LogP contribution in [0.5, 0.6) is 0 Å². The van der Waals surface area contributed by atoms with Crippen molar-refractivity contribution in [1.82, 2.24) is 15.5 Å². The minimum absolute atomic E-state index is 0.0746. The fourth-order valence-corrected chi connectivity index (χ4v) is 3.53. The van der Waals surface area contributed by atoms with Crippen molar-refractivity contribution in [2.75, 3.05) is 31.5 Å². The molecule has 1 fully saturated rings. The predicted octanol–water partition coefficient (Wildman–Crippen LogP) is 3.02. The second kappa shape index (κ2) is 11.3. The molecule has 31 heavy (non-hydrogen) atoms. The number of piperidine rings is 1. The lowest BCUT2D eigenvalue weighted by Crippen LogP contribution is -2.50. The summed E-state index contributed by atoms with van der Waals surface area (Å²) in [6.07, 6.45) is 1.09. The molecule has 0 radical (unpaired) electrons. The molecule has 2 unspecified atom stereocenters. The molecule has 1 aromatic rings. The molecule has 9 heteroatoms. The smallest absolute Gasteiger partial charge is 0.407 e. The standard InChI is InChI=1S/C22H33ClN4O4/c1-15(19(28)26-18-10-6-5-9-17(18)23)27-13-7-8-16(14-27)20(29)24-11-12-25-21(30)31-22(2,3)4/h5-6,9-10,15-16H,7-8,11-14H2,1-4H3,(H,24,29)(H,25,30)(H,26,28). The highest BCUT2D eigenvalue weighted by molar-refractivity contribution is 6.33. The molecule has 1 aliphatic rings. The number of alkyl carbamates (subject to hydrolysis) is 1. The zero-order valence-corrected chi connectivity index (χ0v) is 19.4. The van der Waals surface area contributed by atoms with Crippen molar-refractivity contribution in [1.29, 1.82) is 0 Å². The molecule has 1 saturated heterocycles. The molecule has 0 aliphatic carbocycles. The monoisotopic (exact) mass is 452 g/mol. The van der Waals surface area contributed by atoms with Crippen molar-refractivity contribution in [3.8, 4) is 0 Å². The maximum absolute atomic E-state index is 12.7. The van der Waals surface area contributed by atoms with Gasteiger partial charge in [0.25, 0.3) is 0 Å². The Morgan fingerprint density at radius 3 is 2.55 bits per heavy atom. The number of nitrogens with zero attached hydrogens (tertiary/aromatic N) is 1. The van der Waals surface area contributed by atoms with E-state index in [1.807, 2.05) is 17.9 Å². The average Bonchev–Trinajstić information content (AvgIpc) is 2.71. The van der Waals surface area contributed by atoms with E-state index in [2.05, 4.69) is 16.0 Å². The Balaban J connectivity index is 1.77. The van der Waals surface area contributed by atoms with Gasteiger partial charge in [-0.15, -0.1) is 0 Å². The highest BCUT2D eigenvalue weighted by Crippen LogP contribution is 2.23. The zero-order chi connectivity index (χ0) is 23.0. The number of para-hydroxylation sites is 1. The number of carbonyl (C=O) groups excluding carboxylic acids is 3. The van der Waals surface area contributed by atoms with Gasteiger partial charge in [-0.25, -0.2) is 4.79 Å². The van der Waals surface area contributed by atoms with Crippen molar-refractivity contribution in [3.05, 3.63) is 29.3 Å². The van der Waals surface area contributed by atoms with Crippen LogP contribution in [0.3, 0.4) is 0 Å². The van der Waals surface area contributed by atoms with Crippen LogP contribution in [0.15, 0.2) is 24.3 Å². The average molecular weight is 453 g/mol. The molecule has 0 bridgehead atoms. The first-order valence-electron chi connectivity index (χ1n) is 10.6. The number of anilines is 1. The Hall–Kier alpha value is -2.32. The lowest BCUT2D eigenvalue weighted by atomic mass is 9.96. The lowest BCUT2D eigenvalue weighted by Gasteiger charge is -2.35. The molecule has 3 amide bonds. The van der Waals surface area contributed by atoms with Crippen LogP contribution in [0.4, 0.5) is 10.5 Å². The maximum atomic E-state index is 12.7. The number of halogens is 1. The third-order valence-electron chi connectivity index (χ3n) is 4.97. The molecule has 8 nitrogen and oxygen atoms in total. The molecule has 2 atom stereocenters. The number of likely N-dealkylation sites (tertiary alicyclic amines) is 1. The van der Waals surface area contributed by atoms with Crippen molar-refractivity contribution in [2.45, 2.75) is 52.2 Å². The summed E-state index contributed by atoms with van der Waals surface area (Å²) in [6.45, 7) is 9.06. The van der Waals surface area contributed by atoms with Crippen LogP contribution in [-0.2, 0) is 14.3 Å². The van der Waals surface area contributed by atoms with Gasteiger partial charge in [0, 0.05) is 19.6 Å². The van der Waals surface area contributed by atoms with Crippen LogP contribution in [0.2, 0.25) is 5.02 Å². The van der Waals surface area contributed by atoms with Crippen LogP contribution in [0.25, 0.3) is 0 Å². The third kappa shape index (κ3) is 8.38. The quantitative estimate of drug-likeness (QED) is 0.552. The summed E-state index contributed by atoms with van der Waals surface area (Å²) in [5, 5.41) is 8.81. The van der Waals surface area contributed by atoms with E-state index in [0.29, 0.717) is 23.8 Å². The minimum Gasteiger partial charge on any atom is -0.444 e. The molecular weight excluding hydrogens is 420 g/mol. The predicted molar refractivity (Wildman–Crippen MR) is 121 cm³/mol. The van der Waals surface area contributed by atoms with Gasteiger partial charge in [-0.2, -0.15) is 0 Å². The summed E-state index contributed by atoms with van der Waals surface area (Å²) in [4.78, 5) is 38.8. The number of hydrogen-bond acceptors (Lipinski definition) is 5. The molecule has 2 rings (SSSR count). The summed E-state index contributed by atoms with van der Waals surface area (Å²) in [7, 11) is 0. The first-order valence-corrected chi connectivity index (χ1v) is 11.0. The molecule has 0 saturated carbocycles. The van der Waals surface area contributed by atoms with Gasteiger partial charge in [0.2, 0.25) is 11.8 Å². The van der Waals surface area contributed by atoms with Gasteiger partial charge in [-0.05, 0) is 59.2 Å². The normalized spacial score (nSPS) is 18.0. The Morgan fingerprint density at radius 1 is 1.19 bits per heavy atom. The first kappa shape index (κ1) is 24.9. The fraction of sp³-hybridized carbons (Fsp3) is 0.591. The highest BCUT2D eigenvalue weighted by Gasteiger charge is 2.31. The molecular formula is C22H33ClN4O4. The van der Waals surface area contributed by atoms with E-state index < -0.39 is 11.7 Å². The number of ether oxygens (including phenoxy) is 1. The van der Waals surface area contributed by atoms with Gasteiger partial charge < -0.3 is 20.7 Å². The van der Waals surface area contributed by atoms with E-state index in [4.69, 9.17) is 16.3 Å². The molecule has 1 aliphatic heterocycles. The van der Waals surface area contributed by atoms with Gasteiger partial charge >= 0.3 is 6.09 Å². The molecule has 1 aromatic carbocycles. The summed E-state index contributed by atoms with van der Waals surface area (Å²) in [5.74, 6) is -0.434. The van der Waals surface area contributed by atoms with Crippen LogP contribution in [0, 0.1) is 5.92 Å². The van der Waals surface area contributed by atoms with Crippen LogP contribution < -0.4 is 16.0 Å². The number of benzene rings is 1. The Labute approximate surface area is 189 Å². The highest BCUT2D eigenvalue weighted by atomic mass is 35.5. The van der Waals surface area contributed by atoms with E-state index >= 15 is 0 Å². The van der Waals surface area contributed by atoms with Crippen LogP contribution in [-0.4, -0.2) is 60.6 Å².